The zero-order chi connectivity index (χ0) is 9.42. The average Bonchev–Trinajstić information content (AvgIpc) is 2.47. The molecule has 1 aromatic heterocycles. The summed E-state index contributed by atoms with van der Waals surface area (Å²) in [6.45, 7) is 0. The van der Waals surface area contributed by atoms with Gasteiger partial charge in [-0.3, -0.25) is 4.79 Å². The molecule has 5 heteroatoms. The van der Waals surface area contributed by atoms with Crippen molar-refractivity contribution < 1.29 is 4.74 Å². The molecule has 0 aliphatic carbocycles. The lowest BCUT2D eigenvalue weighted by Gasteiger charge is -2.01. The monoisotopic (exact) mass is 215 g/mol. The first-order chi connectivity index (χ1) is 6.22. The molecule has 13 heavy (non-hydrogen) atoms. The molecular formula is C8H6ClNO2S. The van der Waals surface area contributed by atoms with Gasteiger partial charge in [-0.25, -0.2) is 0 Å². The first-order valence-electron chi connectivity index (χ1n) is 3.57. The Morgan fingerprint density at radius 1 is 1.54 bits per heavy atom. The summed E-state index contributed by atoms with van der Waals surface area (Å²) in [4.78, 5) is 13.6. The van der Waals surface area contributed by atoms with E-state index in [0.29, 0.717) is 16.3 Å². The molecule has 3 nitrogen and oxygen atoms in total. The summed E-state index contributed by atoms with van der Waals surface area (Å²) >= 11 is 7.10. The van der Waals surface area contributed by atoms with Crippen LogP contribution < -0.4 is 9.61 Å². The number of hydrogen-bond donors (Lipinski definition) is 1. The molecule has 0 saturated carbocycles. The first-order valence-corrected chi connectivity index (χ1v) is 4.77. The maximum atomic E-state index is 11.0. The van der Waals surface area contributed by atoms with Gasteiger partial charge >= 0.3 is 4.87 Å². The minimum Gasteiger partial charge on any atom is -0.495 e. The predicted octanol–water partition coefficient (Wildman–Crippen LogP) is 2.25. The van der Waals surface area contributed by atoms with Gasteiger partial charge in [0.1, 0.15) is 10.8 Å². The van der Waals surface area contributed by atoms with Crippen LogP contribution in [-0.4, -0.2) is 12.1 Å². The highest BCUT2D eigenvalue weighted by atomic mass is 35.5. The van der Waals surface area contributed by atoms with Crippen LogP contribution in [0.15, 0.2) is 16.9 Å². The minimum atomic E-state index is -0.106. The molecular weight excluding hydrogens is 210 g/mol. The molecule has 2 aromatic rings. The molecule has 0 aliphatic rings. The quantitative estimate of drug-likeness (QED) is 0.793. The van der Waals surface area contributed by atoms with E-state index in [9.17, 15) is 4.79 Å². The Kier molecular flexibility index (Phi) is 2.01. The molecule has 1 heterocycles. The van der Waals surface area contributed by atoms with Crippen LogP contribution in [0.3, 0.4) is 0 Å². The summed E-state index contributed by atoms with van der Waals surface area (Å²) in [5, 5.41) is 0.457. The van der Waals surface area contributed by atoms with Crippen molar-refractivity contribution in [1.29, 1.82) is 0 Å². The van der Waals surface area contributed by atoms with Crippen molar-refractivity contribution in [2.24, 2.45) is 0 Å². The van der Waals surface area contributed by atoms with Crippen LogP contribution in [0.4, 0.5) is 0 Å². The Balaban J connectivity index is 2.85. The number of thiazole rings is 1. The van der Waals surface area contributed by atoms with Crippen molar-refractivity contribution in [3.63, 3.8) is 0 Å². The molecule has 1 N–H and O–H groups in total. The summed E-state index contributed by atoms with van der Waals surface area (Å²) in [7, 11) is 1.54. The van der Waals surface area contributed by atoms with Gasteiger partial charge in [0.25, 0.3) is 0 Å². The van der Waals surface area contributed by atoms with Crippen molar-refractivity contribution in [3.05, 3.63) is 26.8 Å². The molecule has 1 aromatic carbocycles. The fourth-order valence-corrected chi connectivity index (χ4v) is 2.22. The standard InChI is InChI=1S/C8H6ClNO2S/c1-12-4-2-3-5-7(6(4)9)10-8(11)13-5/h2-3H,1H3,(H,10,11). The number of fused-ring (bicyclic) bond motifs is 1. The normalized spacial score (nSPS) is 10.6. The minimum absolute atomic E-state index is 0.106. The molecule has 0 radical (unpaired) electrons. The SMILES string of the molecule is COc1ccc2sc(=O)[nH]c2c1Cl. The maximum Gasteiger partial charge on any atom is 0.305 e. The molecule has 68 valence electrons. The van der Waals surface area contributed by atoms with Gasteiger partial charge in [-0.05, 0) is 12.1 Å². The van der Waals surface area contributed by atoms with E-state index in [0.717, 1.165) is 16.0 Å². The second kappa shape index (κ2) is 3.05. The molecule has 0 saturated heterocycles. The van der Waals surface area contributed by atoms with Gasteiger partial charge in [-0.1, -0.05) is 22.9 Å². The number of H-pyrrole nitrogens is 1. The zero-order valence-electron chi connectivity index (χ0n) is 6.76. The summed E-state index contributed by atoms with van der Waals surface area (Å²) in [5.74, 6) is 0.572. The average molecular weight is 216 g/mol. The summed E-state index contributed by atoms with van der Waals surface area (Å²) < 4.78 is 5.86. The highest BCUT2D eigenvalue weighted by Crippen LogP contribution is 2.31. The Morgan fingerprint density at radius 2 is 2.31 bits per heavy atom. The third kappa shape index (κ3) is 1.32. The largest absolute Gasteiger partial charge is 0.495 e. The van der Waals surface area contributed by atoms with Gasteiger partial charge in [0.05, 0.1) is 17.3 Å². The van der Waals surface area contributed by atoms with Crippen molar-refractivity contribution >= 4 is 33.2 Å². The summed E-state index contributed by atoms with van der Waals surface area (Å²) in [6.07, 6.45) is 0. The number of aromatic nitrogens is 1. The van der Waals surface area contributed by atoms with Gasteiger partial charge in [0.15, 0.2) is 0 Å². The van der Waals surface area contributed by atoms with Crippen LogP contribution >= 0.6 is 22.9 Å². The van der Waals surface area contributed by atoms with Gasteiger partial charge in [-0.2, -0.15) is 0 Å². The molecule has 0 spiro atoms. The van der Waals surface area contributed by atoms with Crippen LogP contribution in [0.25, 0.3) is 10.2 Å². The third-order valence-electron chi connectivity index (χ3n) is 1.72. The van der Waals surface area contributed by atoms with Crippen molar-refractivity contribution in [1.82, 2.24) is 4.98 Å². The molecule has 0 amide bonds. The molecule has 0 aliphatic heterocycles. The van der Waals surface area contributed by atoms with E-state index in [1.807, 2.05) is 6.07 Å². The zero-order valence-corrected chi connectivity index (χ0v) is 8.33. The Morgan fingerprint density at radius 3 is 3.00 bits per heavy atom. The number of benzene rings is 1. The number of ether oxygens (including phenoxy) is 1. The van der Waals surface area contributed by atoms with Crippen LogP contribution in [0.5, 0.6) is 5.75 Å². The van der Waals surface area contributed by atoms with Crippen LogP contribution in [0.2, 0.25) is 5.02 Å². The fraction of sp³-hybridized carbons (Fsp3) is 0.125. The van der Waals surface area contributed by atoms with Gasteiger partial charge in [-0.15, -0.1) is 0 Å². The lowest BCUT2D eigenvalue weighted by molar-refractivity contribution is 0.415. The first kappa shape index (κ1) is 8.59. The van der Waals surface area contributed by atoms with Crippen LogP contribution in [-0.2, 0) is 0 Å². The highest BCUT2D eigenvalue weighted by molar-refractivity contribution is 7.16. The molecule has 2 rings (SSSR count). The van der Waals surface area contributed by atoms with Crippen molar-refractivity contribution in [3.8, 4) is 5.75 Å². The van der Waals surface area contributed by atoms with Crippen molar-refractivity contribution in [2.45, 2.75) is 0 Å². The Bertz CT molecular complexity index is 502. The lowest BCUT2D eigenvalue weighted by Crippen LogP contribution is -1.90. The second-order valence-electron chi connectivity index (χ2n) is 2.47. The van der Waals surface area contributed by atoms with E-state index in [2.05, 4.69) is 4.98 Å². The Labute approximate surface area is 82.9 Å². The van der Waals surface area contributed by atoms with E-state index < -0.39 is 0 Å². The highest BCUT2D eigenvalue weighted by Gasteiger charge is 2.08. The molecule has 0 unspecified atom stereocenters. The number of halogens is 1. The number of aromatic amines is 1. The second-order valence-corrected chi connectivity index (χ2v) is 3.86. The number of nitrogens with one attached hydrogen (secondary N) is 1. The number of methoxy groups -OCH3 is 1. The number of hydrogen-bond acceptors (Lipinski definition) is 3. The molecule has 0 fully saturated rings. The van der Waals surface area contributed by atoms with E-state index in [4.69, 9.17) is 16.3 Å². The van der Waals surface area contributed by atoms with E-state index in [1.54, 1.807) is 6.07 Å². The fourth-order valence-electron chi connectivity index (χ4n) is 1.13. The maximum absolute atomic E-state index is 11.0. The van der Waals surface area contributed by atoms with E-state index >= 15 is 0 Å². The van der Waals surface area contributed by atoms with E-state index in [-0.39, 0.29) is 4.87 Å². The lowest BCUT2D eigenvalue weighted by atomic mass is 10.3. The predicted molar refractivity (Wildman–Crippen MR) is 54.0 cm³/mol. The van der Waals surface area contributed by atoms with E-state index in [1.165, 1.54) is 7.11 Å². The molecule has 0 atom stereocenters. The third-order valence-corrected chi connectivity index (χ3v) is 2.94. The van der Waals surface area contributed by atoms with Gasteiger partial charge < -0.3 is 9.72 Å². The van der Waals surface area contributed by atoms with Crippen molar-refractivity contribution in [2.75, 3.05) is 7.11 Å². The van der Waals surface area contributed by atoms with Gasteiger partial charge in [0, 0.05) is 0 Å². The summed E-state index contributed by atoms with van der Waals surface area (Å²) in [5.41, 5.74) is 0.649. The molecule has 0 bridgehead atoms. The van der Waals surface area contributed by atoms with Crippen LogP contribution in [0.1, 0.15) is 0 Å². The van der Waals surface area contributed by atoms with Crippen LogP contribution in [0, 0.1) is 0 Å². The Hall–Kier alpha value is -1.00. The topological polar surface area (TPSA) is 42.1 Å². The van der Waals surface area contributed by atoms with Gasteiger partial charge in [0.2, 0.25) is 0 Å². The number of rotatable bonds is 1. The summed E-state index contributed by atoms with van der Waals surface area (Å²) in [6, 6.07) is 3.55. The smallest absolute Gasteiger partial charge is 0.305 e.